The molecule has 1 fully saturated rings. The van der Waals surface area contributed by atoms with Crippen molar-refractivity contribution < 1.29 is 9.53 Å². The Hall–Kier alpha value is -4.07. The van der Waals surface area contributed by atoms with E-state index in [-0.39, 0.29) is 11.5 Å². The van der Waals surface area contributed by atoms with Gasteiger partial charge in [-0.25, -0.2) is 0 Å². The third kappa shape index (κ3) is 3.73. The molecule has 168 valence electrons. The Balaban J connectivity index is 1.43. The van der Waals surface area contributed by atoms with Crippen LogP contribution in [0.3, 0.4) is 0 Å². The Morgan fingerprint density at radius 2 is 1.64 bits per heavy atom. The van der Waals surface area contributed by atoms with Gasteiger partial charge in [-0.15, -0.1) is 0 Å². The molecule has 5 rings (SSSR count). The number of hydrogen-bond acceptors (Lipinski definition) is 5. The Kier molecular flexibility index (Phi) is 5.34. The molecule has 3 aliphatic rings. The van der Waals surface area contributed by atoms with Crippen molar-refractivity contribution in [1.82, 2.24) is 19.2 Å². The number of amides is 1. The summed E-state index contributed by atoms with van der Waals surface area (Å²) in [5.41, 5.74) is 2.76. The minimum absolute atomic E-state index is 0.117. The lowest BCUT2D eigenvalue weighted by atomic mass is 10.1. The maximum atomic E-state index is 13.5. The zero-order valence-electron chi connectivity index (χ0n) is 18.6. The van der Waals surface area contributed by atoms with E-state index in [1.54, 1.807) is 24.1 Å². The highest BCUT2D eigenvalue weighted by molar-refractivity contribution is 6.00. The monoisotopic (exact) mass is 443 g/mol. The summed E-state index contributed by atoms with van der Waals surface area (Å²) in [6.07, 6.45) is 3.47. The summed E-state index contributed by atoms with van der Waals surface area (Å²) in [5, 5.41) is 4.54. The van der Waals surface area contributed by atoms with Crippen LogP contribution in [0.25, 0.3) is 16.9 Å². The summed E-state index contributed by atoms with van der Waals surface area (Å²) in [6, 6.07) is 17.2. The Morgan fingerprint density at radius 1 is 0.939 bits per heavy atom. The number of carbonyl (C=O) groups is 1. The number of piperazine rings is 1. The van der Waals surface area contributed by atoms with E-state index in [0.717, 1.165) is 11.4 Å². The topological polar surface area (TPSA) is 72.6 Å². The number of rotatable bonds is 4. The summed E-state index contributed by atoms with van der Waals surface area (Å²) in [4.78, 5) is 30.6. The zero-order valence-corrected chi connectivity index (χ0v) is 18.6. The number of carbonyl (C=O) groups excluding carboxylic acids is 1. The highest BCUT2D eigenvalue weighted by Crippen LogP contribution is 2.29. The average Bonchev–Trinajstić information content (AvgIpc) is 3.20. The van der Waals surface area contributed by atoms with Crippen LogP contribution >= 0.6 is 0 Å². The van der Waals surface area contributed by atoms with Gasteiger partial charge in [0, 0.05) is 45.6 Å². The van der Waals surface area contributed by atoms with Crippen molar-refractivity contribution in [2.75, 3.05) is 38.2 Å². The van der Waals surface area contributed by atoms with Crippen molar-refractivity contribution >= 4 is 11.6 Å². The molecule has 1 amide bonds. The van der Waals surface area contributed by atoms with Crippen molar-refractivity contribution in [2.45, 2.75) is 0 Å². The molecule has 0 spiro atoms. The average molecular weight is 444 g/mol. The first-order valence-corrected chi connectivity index (χ1v) is 10.9. The Labute approximate surface area is 191 Å². The molecule has 0 bridgehead atoms. The van der Waals surface area contributed by atoms with Crippen LogP contribution < -0.4 is 15.2 Å². The van der Waals surface area contributed by atoms with Gasteiger partial charge in [-0.2, -0.15) is 9.78 Å². The van der Waals surface area contributed by atoms with Gasteiger partial charge in [0.2, 0.25) is 0 Å². The molecule has 33 heavy (non-hydrogen) atoms. The second kappa shape index (κ2) is 8.46. The number of nitrogens with zero attached hydrogens (tertiary/aromatic N) is 5. The largest absolute Gasteiger partial charge is 0.495 e. The number of anilines is 1. The van der Waals surface area contributed by atoms with Crippen molar-refractivity contribution in [1.29, 1.82) is 0 Å². The predicted molar refractivity (Wildman–Crippen MR) is 127 cm³/mol. The number of aryl methyl sites for hydroxylation is 1. The van der Waals surface area contributed by atoms with Gasteiger partial charge >= 0.3 is 0 Å². The third-order valence-electron chi connectivity index (χ3n) is 6.02. The van der Waals surface area contributed by atoms with E-state index in [4.69, 9.17) is 4.74 Å². The summed E-state index contributed by atoms with van der Waals surface area (Å²) < 4.78 is 8.60. The van der Waals surface area contributed by atoms with Gasteiger partial charge < -0.3 is 19.1 Å². The molecule has 2 aromatic carbocycles. The fourth-order valence-corrected chi connectivity index (χ4v) is 4.35. The van der Waals surface area contributed by atoms with Gasteiger partial charge in [-0.05, 0) is 24.3 Å². The van der Waals surface area contributed by atoms with Crippen LogP contribution in [0, 0.1) is 0 Å². The molecule has 2 aromatic rings. The van der Waals surface area contributed by atoms with Gasteiger partial charge in [-0.3, -0.25) is 9.59 Å². The third-order valence-corrected chi connectivity index (χ3v) is 6.02. The SMILES string of the molecule is COc1ccccc1N1CCN(C(=O)c2cn(C)cc3c(=O)n(-c4ccccc4)nc2-3)CC1. The minimum atomic E-state index is -0.234. The molecule has 0 aromatic heterocycles. The second-order valence-electron chi connectivity index (χ2n) is 8.10. The summed E-state index contributed by atoms with van der Waals surface area (Å²) in [7, 11) is 3.48. The fraction of sp³-hybridized carbons (Fsp3) is 0.240. The standard InChI is InChI=1S/C25H25N5O3/c1-27-16-19(23-20(17-27)25(32)30(26-23)18-8-4-3-5-9-18)24(31)29-14-12-28(13-15-29)21-10-6-7-11-22(21)33-2/h3-11,16-17H,12-15H2,1-2H3. The van der Waals surface area contributed by atoms with Crippen LogP contribution in [0.1, 0.15) is 10.4 Å². The van der Waals surface area contributed by atoms with Gasteiger partial charge in [0.1, 0.15) is 11.4 Å². The molecular weight excluding hydrogens is 418 g/mol. The zero-order chi connectivity index (χ0) is 22.9. The van der Waals surface area contributed by atoms with Gasteiger partial charge in [0.05, 0.1) is 29.6 Å². The lowest BCUT2D eigenvalue weighted by Gasteiger charge is -2.36. The Morgan fingerprint density at radius 3 is 2.36 bits per heavy atom. The van der Waals surface area contributed by atoms with E-state index in [0.29, 0.717) is 48.7 Å². The first kappa shape index (κ1) is 20.8. The molecule has 0 aliphatic carbocycles. The van der Waals surface area contributed by atoms with Crippen molar-refractivity contribution in [2.24, 2.45) is 7.05 Å². The van der Waals surface area contributed by atoms with E-state index in [2.05, 4.69) is 10.00 Å². The van der Waals surface area contributed by atoms with Crippen LogP contribution in [0.4, 0.5) is 5.69 Å². The van der Waals surface area contributed by atoms with Crippen LogP contribution in [0.5, 0.6) is 5.75 Å². The summed E-state index contributed by atoms with van der Waals surface area (Å²) >= 11 is 0. The number of para-hydroxylation sites is 3. The first-order chi connectivity index (χ1) is 16.1. The van der Waals surface area contributed by atoms with E-state index in [9.17, 15) is 9.59 Å². The normalized spacial score (nSPS) is 14.0. The van der Waals surface area contributed by atoms with Gasteiger partial charge in [0.15, 0.2) is 0 Å². The van der Waals surface area contributed by atoms with E-state index < -0.39 is 0 Å². The maximum Gasteiger partial charge on any atom is 0.282 e. The molecule has 0 atom stereocenters. The van der Waals surface area contributed by atoms with Crippen molar-refractivity contribution in [3.05, 3.63) is 82.9 Å². The lowest BCUT2D eigenvalue weighted by molar-refractivity contribution is 0.0746. The molecule has 8 nitrogen and oxygen atoms in total. The summed E-state index contributed by atoms with van der Waals surface area (Å²) in [6.45, 7) is 2.53. The molecule has 0 saturated carbocycles. The molecule has 8 heteroatoms. The number of aromatic nitrogens is 3. The quantitative estimate of drug-likeness (QED) is 0.485. The fourth-order valence-electron chi connectivity index (χ4n) is 4.35. The number of benzene rings is 2. The van der Waals surface area contributed by atoms with Crippen molar-refractivity contribution in [3.8, 4) is 22.7 Å². The molecule has 3 heterocycles. The predicted octanol–water partition coefficient (Wildman–Crippen LogP) is 2.65. The molecule has 0 radical (unpaired) electrons. The summed E-state index contributed by atoms with van der Waals surface area (Å²) in [5.74, 6) is 0.706. The van der Waals surface area contributed by atoms with Gasteiger partial charge in [-0.1, -0.05) is 30.3 Å². The Bertz CT molecular complexity index is 1320. The number of ether oxygens (including phenoxy) is 1. The van der Waals surface area contributed by atoms with Crippen LogP contribution in [0.2, 0.25) is 0 Å². The number of pyridine rings is 1. The van der Waals surface area contributed by atoms with E-state index >= 15 is 0 Å². The lowest BCUT2D eigenvalue weighted by Crippen LogP contribution is -2.49. The van der Waals surface area contributed by atoms with Crippen LogP contribution in [-0.4, -0.2) is 58.4 Å². The smallest absolute Gasteiger partial charge is 0.282 e. The number of hydrogen-bond donors (Lipinski definition) is 0. The first-order valence-electron chi connectivity index (χ1n) is 10.9. The molecular formula is C25H25N5O3. The number of fused-ring (bicyclic) bond motifs is 1. The van der Waals surface area contributed by atoms with Gasteiger partial charge in [0.25, 0.3) is 11.5 Å². The van der Waals surface area contributed by atoms with E-state index in [1.165, 1.54) is 4.68 Å². The molecule has 1 saturated heterocycles. The van der Waals surface area contributed by atoms with Crippen LogP contribution in [-0.2, 0) is 7.05 Å². The maximum absolute atomic E-state index is 13.5. The van der Waals surface area contributed by atoms with Crippen molar-refractivity contribution in [3.63, 3.8) is 0 Å². The molecule has 0 N–H and O–H groups in total. The highest BCUT2D eigenvalue weighted by atomic mass is 16.5. The minimum Gasteiger partial charge on any atom is -0.495 e. The molecule has 3 aliphatic heterocycles. The highest BCUT2D eigenvalue weighted by Gasteiger charge is 2.29. The van der Waals surface area contributed by atoms with E-state index in [1.807, 2.05) is 66.5 Å². The second-order valence-corrected chi connectivity index (χ2v) is 8.10. The van der Waals surface area contributed by atoms with Crippen LogP contribution in [0.15, 0.2) is 71.8 Å². The molecule has 0 unspecified atom stereocenters. The number of methoxy groups -OCH3 is 1.